The second-order valence-corrected chi connectivity index (χ2v) is 2.81. The first kappa shape index (κ1) is 8.92. The van der Waals surface area contributed by atoms with Crippen LogP contribution in [0.2, 0.25) is 0 Å². The summed E-state index contributed by atoms with van der Waals surface area (Å²) in [5.74, 6) is 4.68. The maximum absolute atomic E-state index is 10.3. The lowest BCUT2D eigenvalue weighted by Crippen LogP contribution is -2.46. The van der Waals surface area contributed by atoms with Gasteiger partial charge in [-0.1, -0.05) is 19.3 Å². The molecule has 0 radical (unpaired) electrons. The molecule has 1 heterocycles. The Morgan fingerprint density at radius 1 is 1.50 bits per heavy atom. The Hall–Kier alpha value is -1.17. The molecule has 0 aliphatic carbocycles. The second kappa shape index (κ2) is 3.48. The number of hydrogen-bond donors (Lipinski definition) is 0. The van der Waals surface area contributed by atoms with Crippen LogP contribution in [0.1, 0.15) is 33.1 Å². The first-order chi connectivity index (χ1) is 5.66. The van der Waals surface area contributed by atoms with Gasteiger partial charge in [0.05, 0.1) is 0 Å². The van der Waals surface area contributed by atoms with Gasteiger partial charge < -0.3 is 9.47 Å². The minimum Gasteiger partial charge on any atom is -0.379 e. The minimum atomic E-state index is -0.967. The molecule has 66 valence electrons. The summed E-state index contributed by atoms with van der Waals surface area (Å²) in [5.41, 5.74) is 0. The normalized spacial score (nSPS) is 18.0. The fourth-order valence-electron chi connectivity index (χ4n) is 0.865. The predicted molar refractivity (Wildman–Crippen MR) is 43.3 cm³/mol. The molecule has 12 heavy (non-hydrogen) atoms. The first-order valence-electron chi connectivity index (χ1n) is 4.08. The Morgan fingerprint density at radius 3 is 2.67 bits per heavy atom. The van der Waals surface area contributed by atoms with Crippen LogP contribution in [0.5, 0.6) is 0 Å². The lowest BCUT2D eigenvalue weighted by atomic mass is 10.2. The molecule has 0 N–H and O–H groups in total. The zero-order chi connectivity index (χ0) is 9.03. The molecule has 0 bridgehead atoms. The van der Waals surface area contributed by atoms with Gasteiger partial charge >= 0.3 is 11.9 Å². The van der Waals surface area contributed by atoms with Crippen LogP contribution in [0.25, 0.3) is 0 Å². The van der Waals surface area contributed by atoms with Gasteiger partial charge in [0.1, 0.15) is 0 Å². The largest absolute Gasteiger partial charge is 0.516 e. The van der Waals surface area contributed by atoms with Gasteiger partial charge in [0.15, 0.2) is 0 Å². The molecular weight excluding hydrogens is 156 g/mol. The second-order valence-electron chi connectivity index (χ2n) is 2.81. The molecule has 3 heteroatoms. The van der Waals surface area contributed by atoms with Gasteiger partial charge in [-0.25, -0.2) is 4.79 Å². The van der Waals surface area contributed by atoms with Crippen LogP contribution >= 0.6 is 0 Å². The van der Waals surface area contributed by atoms with Gasteiger partial charge in [-0.05, 0) is 12.3 Å². The highest BCUT2D eigenvalue weighted by molar-refractivity contribution is 5.67. The number of cyclic esters (lactones) is 2. The van der Waals surface area contributed by atoms with Crippen molar-refractivity contribution in [3.63, 3.8) is 0 Å². The predicted octanol–water partition coefficient (Wildman–Crippen LogP) is 2.06. The maximum Gasteiger partial charge on any atom is 0.516 e. The molecule has 0 saturated carbocycles. The number of hydrogen-bond acceptors (Lipinski definition) is 3. The van der Waals surface area contributed by atoms with E-state index in [1.807, 2.05) is 0 Å². The Morgan fingerprint density at radius 2 is 2.17 bits per heavy atom. The molecule has 1 rings (SSSR count). The van der Waals surface area contributed by atoms with E-state index >= 15 is 0 Å². The van der Waals surface area contributed by atoms with Crippen LogP contribution < -0.4 is 0 Å². The third-order valence-electron chi connectivity index (χ3n) is 1.53. The summed E-state index contributed by atoms with van der Waals surface area (Å²) in [6.07, 6.45) is 2.37. The van der Waals surface area contributed by atoms with Crippen LogP contribution in [0.4, 0.5) is 4.79 Å². The highest BCUT2D eigenvalue weighted by Gasteiger charge is 2.42. The molecule has 1 fully saturated rings. The van der Waals surface area contributed by atoms with Crippen molar-refractivity contribution in [1.29, 1.82) is 0 Å². The third kappa shape index (κ3) is 2.16. The molecule has 0 atom stereocenters. The lowest BCUT2D eigenvalue weighted by molar-refractivity contribution is -0.221. The van der Waals surface area contributed by atoms with Gasteiger partial charge in [0.25, 0.3) is 0 Å². The van der Waals surface area contributed by atoms with Crippen LogP contribution in [0.15, 0.2) is 0 Å². The third-order valence-corrected chi connectivity index (χ3v) is 1.53. The monoisotopic (exact) mass is 168 g/mol. The summed E-state index contributed by atoms with van der Waals surface area (Å²) in [6, 6.07) is 0. The van der Waals surface area contributed by atoms with Crippen molar-refractivity contribution in [1.82, 2.24) is 0 Å². The number of rotatable bonds is 2. The van der Waals surface area contributed by atoms with Crippen molar-refractivity contribution in [3.8, 4) is 11.8 Å². The van der Waals surface area contributed by atoms with Crippen LogP contribution in [-0.4, -0.2) is 11.9 Å². The van der Waals surface area contributed by atoms with Crippen LogP contribution in [0, 0.1) is 11.8 Å². The summed E-state index contributed by atoms with van der Waals surface area (Å²) in [5, 5.41) is 0. The van der Waals surface area contributed by atoms with Crippen molar-refractivity contribution in [3.05, 3.63) is 0 Å². The van der Waals surface area contributed by atoms with E-state index in [0.717, 1.165) is 19.3 Å². The van der Waals surface area contributed by atoms with Gasteiger partial charge in [-0.3, -0.25) is 0 Å². The van der Waals surface area contributed by atoms with E-state index in [1.54, 1.807) is 6.92 Å². The quantitative estimate of drug-likeness (QED) is 0.359. The zero-order valence-corrected chi connectivity index (χ0v) is 7.35. The molecule has 0 aromatic carbocycles. The number of ether oxygens (including phenoxy) is 2. The zero-order valence-electron chi connectivity index (χ0n) is 7.35. The molecule has 1 aliphatic heterocycles. The Labute approximate surface area is 72.0 Å². The standard InChI is InChI=1S/C9H12O3/c1-3-4-5-6-7-9(2)11-8(10)12-9/h3-5H2,1-2H3. The minimum absolute atomic E-state index is 0.637. The Bertz CT molecular complexity index is 226. The maximum atomic E-state index is 10.3. The van der Waals surface area contributed by atoms with E-state index in [2.05, 4.69) is 28.2 Å². The van der Waals surface area contributed by atoms with E-state index in [4.69, 9.17) is 0 Å². The molecule has 1 aliphatic rings. The average molecular weight is 168 g/mol. The molecule has 0 spiro atoms. The van der Waals surface area contributed by atoms with Crippen molar-refractivity contribution in [2.24, 2.45) is 0 Å². The molecule has 0 aromatic rings. The van der Waals surface area contributed by atoms with E-state index in [0.29, 0.717) is 0 Å². The first-order valence-corrected chi connectivity index (χ1v) is 4.08. The molecule has 0 unspecified atom stereocenters. The highest BCUT2D eigenvalue weighted by Crippen LogP contribution is 2.23. The van der Waals surface area contributed by atoms with Crippen LogP contribution in [-0.2, 0) is 9.47 Å². The van der Waals surface area contributed by atoms with Crippen molar-refractivity contribution in [2.75, 3.05) is 0 Å². The molecular formula is C9H12O3. The van der Waals surface area contributed by atoms with Crippen LogP contribution in [0.3, 0.4) is 0 Å². The van der Waals surface area contributed by atoms with Gasteiger partial charge in [-0.15, -0.1) is 0 Å². The number of carbonyl (C=O) groups excluding carboxylic acids is 1. The molecule has 0 aromatic heterocycles. The van der Waals surface area contributed by atoms with E-state index in [9.17, 15) is 4.79 Å². The lowest BCUT2D eigenvalue weighted by Gasteiger charge is -2.31. The highest BCUT2D eigenvalue weighted by atomic mass is 16.9. The summed E-state index contributed by atoms with van der Waals surface area (Å²) in [6.45, 7) is 3.73. The van der Waals surface area contributed by atoms with E-state index in [1.165, 1.54) is 0 Å². The average Bonchev–Trinajstić information content (AvgIpc) is 1.96. The SMILES string of the molecule is CCCCC#CC1(C)OC(=O)O1. The van der Waals surface area contributed by atoms with Crippen molar-refractivity contribution in [2.45, 2.75) is 38.9 Å². The smallest absolute Gasteiger partial charge is 0.379 e. The Kier molecular flexibility index (Phi) is 2.59. The van der Waals surface area contributed by atoms with Gasteiger partial charge in [-0.2, -0.15) is 0 Å². The van der Waals surface area contributed by atoms with Crippen molar-refractivity contribution >= 4 is 6.16 Å². The van der Waals surface area contributed by atoms with E-state index < -0.39 is 11.9 Å². The molecule has 0 amide bonds. The van der Waals surface area contributed by atoms with Crippen molar-refractivity contribution < 1.29 is 14.3 Å². The summed E-state index contributed by atoms with van der Waals surface area (Å²) in [7, 11) is 0. The van der Waals surface area contributed by atoms with E-state index in [-0.39, 0.29) is 0 Å². The topological polar surface area (TPSA) is 35.5 Å². The number of carbonyl (C=O) groups is 1. The summed E-state index contributed by atoms with van der Waals surface area (Å²) in [4.78, 5) is 10.3. The fraction of sp³-hybridized carbons (Fsp3) is 0.667. The summed E-state index contributed by atoms with van der Waals surface area (Å²) < 4.78 is 9.34. The summed E-state index contributed by atoms with van der Waals surface area (Å²) >= 11 is 0. The molecule has 1 saturated heterocycles. The fourth-order valence-corrected chi connectivity index (χ4v) is 0.865. The van der Waals surface area contributed by atoms with Gasteiger partial charge in [0.2, 0.25) is 0 Å². The molecule has 3 nitrogen and oxygen atoms in total. The number of unbranched alkanes of at least 4 members (excludes halogenated alkanes) is 2. The Balaban J connectivity index is 2.28. The van der Waals surface area contributed by atoms with Gasteiger partial charge in [0, 0.05) is 13.3 Å².